The van der Waals surface area contributed by atoms with E-state index in [-0.39, 0.29) is 23.1 Å². The Morgan fingerprint density at radius 1 is 0.911 bits per heavy atom. The number of carbonyl (C=O) groups excluding carboxylic acids is 2. The summed E-state index contributed by atoms with van der Waals surface area (Å²) in [4.78, 5) is 33.2. The molecule has 1 aliphatic heterocycles. The molecule has 1 N–H and O–H groups in total. The highest BCUT2D eigenvalue weighted by Crippen LogP contribution is 2.41. The van der Waals surface area contributed by atoms with Crippen molar-refractivity contribution in [2.75, 3.05) is 19.6 Å². The molecule has 0 bridgehead atoms. The second kappa shape index (κ2) is 13.2. The predicted octanol–water partition coefficient (Wildman–Crippen LogP) is 8.38. The summed E-state index contributed by atoms with van der Waals surface area (Å²) in [6.07, 6.45) is 2.58. The maximum Gasteiger partial charge on any atom is 0.416 e. The van der Waals surface area contributed by atoms with E-state index in [2.05, 4.69) is 29.6 Å². The maximum absolute atomic E-state index is 13.6. The van der Waals surface area contributed by atoms with Crippen LogP contribution in [0.3, 0.4) is 0 Å². The average Bonchev–Trinajstić information content (AvgIpc) is 3.75. The molecular formula is C36H36F3N3O2S. The van der Waals surface area contributed by atoms with Crippen molar-refractivity contribution in [1.82, 2.24) is 15.2 Å². The number of halogens is 3. The van der Waals surface area contributed by atoms with Crippen LogP contribution in [0.5, 0.6) is 0 Å². The van der Waals surface area contributed by atoms with Crippen LogP contribution in [0.1, 0.15) is 81.4 Å². The lowest BCUT2D eigenvalue weighted by molar-refractivity contribution is -0.137. The smallest absolute Gasteiger partial charge is 0.350 e. The summed E-state index contributed by atoms with van der Waals surface area (Å²) in [6.45, 7) is 1.71. The highest BCUT2D eigenvalue weighted by molar-refractivity contribution is 7.09. The van der Waals surface area contributed by atoms with Crippen LogP contribution in [0.4, 0.5) is 13.2 Å². The van der Waals surface area contributed by atoms with Gasteiger partial charge < -0.3 is 10.2 Å². The fourth-order valence-corrected chi connectivity index (χ4v) is 7.74. The molecule has 1 aromatic heterocycles. The molecule has 2 amide bonds. The van der Waals surface area contributed by atoms with Crippen molar-refractivity contribution in [3.63, 3.8) is 0 Å². The van der Waals surface area contributed by atoms with E-state index in [9.17, 15) is 22.8 Å². The number of carbonyl (C=O) groups is 2. The minimum atomic E-state index is -4.42. The van der Waals surface area contributed by atoms with Gasteiger partial charge in [0.2, 0.25) is 0 Å². The molecule has 45 heavy (non-hydrogen) atoms. The van der Waals surface area contributed by atoms with Gasteiger partial charge in [0.15, 0.2) is 0 Å². The highest BCUT2D eigenvalue weighted by Gasteiger charge is 2.35. The number of hydrogen-bond donors (Lipinski definition) is 1. The van der Waals surface area contributed by atoms with Gasteiger partial charge in [-0.2, -0.15) is 13.2 Å². The Kier molecular flexibility index (Phi) is 9.08. The van der Waals surface area contributed by atoms with Crippen molar-refractivity contribution in [2.45, 2.75) is 57.0 Å². The summed E-state index contributed by atoms with van der Waals surface area (Å²) < 4.78 is 39.2. The summed E-state index contributed by atoms with van der Waals surface area (Å²) in [5.41, 5.74) is 2.76. The van der Waals surface area contributed by atoms with Crippen molar-refractivity contribution in [3.05, 3.63) is 112 Å². The van der Waals surface area contributed by atoms with Crippen LogP contribution in [0.2, 0.25) is 0 Å². The minimum absolute atomic E-state index is 0.0837. The Morgan fingerprint density at radius 2 is 1.58 bits per heavy atom. The van der Waals surface area contributed by atoms with Crippen molar-refractivity contribution < 1.29 is 22.8 Å². The molecule has 234 valence electrons. The third-order valence-corrected chi connectivity index (χ3v) is 10.3. The van der Waals surface area contributed by atoms with Crippen LogP contribution >= 0.6 is 11.3 Å². The van der Waals surface area contributed by atoms with Gasteiger partial charge in [0.05, 0.1) is 10.6 Å². The molecule has 2 heterocycles. The molecule has 0 atom stereocenters. The van der Waals surface area contributed by atoms with Gasteiger partial charge >= 0.3 is 6.18 Å². The number of rotatable bonds is 8. The van der Waals surface area contributed by atoms with E-state index in [0.717, 1.165) is 49.2 Å². The van der Waals surface area contributed by atoms with E-state index in [1.807, 2.05) is 11.4 Å². The molecule has 4 aromatic rings. The Labute approximate surface area is 265 Å². The zero-order valence-electron chi connectivity index (χ0n) is 25.0. The number of aromatic nitrogens is 1. The number of alkyl halides is 3. The zero-order valence-corrected chi connectivity index (χ0v) is 25.8. The lowest BCUT2D eigenvalue weighted by Crippen LogP contribution is -2.38. The first-order valence-corrected chi connectivity index (χ1v) is 16.4. The van der Waals surface area contributed by atoms with Gasteiger partial charge in [0.25, 0.3) is 11.8 Å². The number of nitrogens with zero attached hydrogens (tertiary/aromatic N) is 2. The van der Waals surface area contributed by atoms with E-state index in [1.165, 1.54) is 41.9 Å². The van der Waals surface area contributed by atoms with Crippen LogP contribution in [0.15, 0.2) is 84.2 Å². The standard InChI is InChI=1S/C36H36F3N3O2S/c37-36(38,39)28-14-12-26(13-15-28)29-10-4-5-11-30(29)34(44)42-20-16-27(17-21-42)33-41-31(23-45-33)32(43)40-24-35(18-6-7-19-35)22-25-8-2-1-3-9-25/h1-5,8-15,23,27H,6-7,16-22,24H2,(H,40,43). The van der Waals surface area contributed by atoms with Crippen molar-refractivity contribution in [3.8, 4) is 11.1 Å². The normalized spacial score (nSPS) is 16.9. The van der Waals surface area contributed by atoms with Gasteiger partial charge in [0, 0.05) is 36.5 Å². The third-order valence-electron chi connectivity index (χ3n) is 9.28. The first kappa shape index (κ1) is 31.0. The van der Waals surface area contributed by atoms with Gasteiger partial charge in [-0.15, -0.1) is 11.3 Å². The van der Waals surface area contributed by atoms with E-state index in [1.54, 1.807) is 29.2 Å². The first-order chi connectivity index (χ1) is 21.7. The molecule has 0 spiro atoms. The topological polar surface area (TPSA) is 62.3 Å². The van der Waals surface area contributed by atoms with Crippen LogP contribution in [-0.4, -0.2) is 41.3 Å². The minimum Gasteiger partial charge on any atom is -0.350 e. The van der Waals surface area contributed by atoms with E-state index < -0.39 is 11.7 Å². The summed E-state index contributed by atoms with van der Waals surface area (Å²) in [6, 6.07) is 22.4. The van der Waals surface area contributed by atoms with Gasteiger partial charge in [0.1, 0.15) is 5.69 Å². The van der Waals surface area contributed by atoms with Crippen LogP contribution in [0.25, 0.3) is 11.1 Å². The highest BCUT2D eigenvalue weighted by atomic mass is 32.1. The zero-order chi connectivity index (χ0) is 31.4. The molecule has 1 saturated carbocycles. The SMILES string of the molecule is O=C(NCC1(Cc2ccccc2)CCCC1)c1csc(C2CCN(C(=O)c3ccccc3-c3ccc(C(F)(F)F)cc3)CC2)n1. The van der Waals surface area contributed by atoms with Crippen LogP contribution in [-0.2, 0) is 12.6 Å². The number of thiazole rings is 1. The van der Waals surface area contributed by atoms with E-state index >= 15 is 0 Å². The lowest BCUT2D eigenvalue weighted by Gasteiger charge is -2.31. The quantitative estimate of drug-likeness (QED) is 0.213. The number of benzene rings is 3. The Morgan fingerprint density at radius 3 is 2.27 bits per heavy atom. The molecule has 0 unspecified atom stereocenters. The van der Waals surface area contributed by atoms with Gasteiger partial charge in [-0.05, 0) is 72.4 Å². The largest absolute Gasteiger partial charge is 0.416 e. The molecule has 0 radical (unpaired) electrons. The fraction of sp³-hybridized carbons (Fsp3) is 0.361. The van der Waals surface area contributed by atoms with Crippen molar-refractivity contribution >= 4 is 23.2 Å². The summed E-state index contributed by atoms with van der Waals surface area (Å²) in [7, 11) is 0. The molecule has 2 fully saturated rings. The van der Waals surface area contributed by atoms with E-state index in [4.69, 9.17) is 4.98 Å². The molecule has 5 nitrogen and oxygen atoms in total. The van der Waals surface area contributed by atoms with Crippen molar-refractivity contribution in [2.24, 2.45) is 5.41 Å². The fourth-order valence-electron chi connectivity index (χ4n) is 6.77. The van der Waals surface area contributed by atoms with Crippen LogP contribution < -0.4 is 5.32 Å². The predicted molar refractivity (Wildman–Crippen MR) is 170 cm³/mol. The number of piperidine rings is 1. The number of amides is 2. The monoisotopic (exact) mass is 631 g/mol. The molecule has 1 aliphatic carbocycles. The third kappa shape index (κ3) is 7.14. The molecular weight excluding hydrogens is 595 g/mol. The maximum atomic E-state index is 13.6. The second-order valence-corrected chi connectivity index (χ2v) is 13.2. The molecule has 9 heteroatoms. The number of likely N-dealkylation sites (tertiary alicyclic amines) is 1. The molecule has 1 saturated heterocycles. The molecule has 3 aromatic carbocycles. The van der Waals surface area contributed by atoms with Gasteiger partial charge in [-0.1, -0.05) is 73.5 Å². The van der Waals surface area contributed by atoms with Gasteiger partial charge in [-0.25, -0.2) is 4.98 Å². The number of hydrogen-bond acceptors (Lipinski definition) is 4. The Hall–Kier alpha value is -3.98. The molecule has 6 rings (SSSR count). The van der Waals surface area contributed by atoms with Crippen molar-refractivity contribution in [1.29, 1.82) is 0 Å². The second-order valence-electron chi connectivity index (χ2n) is 12.3. The molecule has 2 aliphatic rings. The summed E-state index contributed by atoms with van der Waals surface area (Å²) in [5, 5.41) is 5.93. The Bertz CT molecular complexity index is 1620. The van der Waals surface area contributed by atoms with Crippen LogP contribution in [0, 0.1) is 5.41 Å². The summed E-state index contributed by atoms with van der Waals surface area (Å²) >= 11 is 1.50. The Balaban J connectivity index is 1.05. The summed E-state index contributed by atoms with van der Waals surface area (Å²) in [5.74, 6) is -0.117. The number of nitrogens with one attached hydrogen (secondary N) is 1. The van der Waals surface area contributed by atoms with E-state index in [0.29, 0.717) is 42.0 Å². The van der Waals surface area contributed by atoms with Gasteiger partial charge in [-0.3, -0.25) is 9.59 Å². The lowest BCUT2D eigenvalue weighted by atomic mass is 9.80. The first-order valence-electron chi connectivity index (χ1n) is 15.5. The average molecular weight is 632 g/mol.